The summed E-state index contributed by atoms with van der Waals surface area (Å²) in [5.41, 5.74) is -0.156. The van der Waals surface area contributed by atoms with Gasteiger partial charge in [-0.2, -0.15) is 8.78 Å². The lowest BCUT2D eigenvalue weighted by Crippen LogP contribution is -2.32. The lowest BCUT2D eigenvalue weighted by atomic mass is 10.2. The van der Waals surface area contributed by atoms with Crippen molar-refractivity contribution in [2.75, 3.05) is 0 Å². The van der Waals surface area contributed by atoms with Crippen LogP contribution in [0.5, 0.6) is 5.75 Å². The summed E-state index contributed by atoms with van der Waals surface area (Å²) in [6, 6.07) is 6.26. The molecule has 0 heterocycles. The molecule has 4 nitrogen and oxygen atoms in total. The maximum atomic E-state index is 12.2. The average Bonchev–Trinajstić information content (AvgIpc) is 2.24. The number of hydrogen-bond donors (Lipinski definition) is 1. The molecule has 106 valence electrons. The number of benzene rings is 1. The Morgan fingerprint density at radius 3 is 2.53 bits per heavy atom. The largest absolute Gasteiger partial charge is 0.444 e. The van der Waals surface area contributed by atoms with Crippen LogP contribution in [-0.2, 0) is 11.3 Å². The van der Waals surface area contributed by atoms with Gasteiger partial charge in [0.1, 0.15) is 11.4 Å². The topological polar surface area (TPSA) is 47.6 Å². The first-order valence-corrected chi connectivity index (χ1v) is 5.77. The minimum absolute atomic E-state index is 0.0357. The second-order valence-electron chi connectivity index (χ2n) is 4.84. The fraction of sp³-hybridized carbons (Fsp3) is 0.462. The number of carbonyl (C=O) groups excluding carboxylic acids is 1. The van der Waals surface area contributed by atoms with Gasteiger partial charge in [0.2, 0.25) is 0 Å². The first-order chi connectivity index (χ1) is 8.78. The van der Waals surface area contributed by atoms with Gasteiger partial charge in [0.05, 0.1) is 0 Å². The van der Waals surface area contributed by atoms with E-state index < -0.39 is 18.3 Å². The van der Waals surface area contributed by atoms with Gasteiger partial charge in [0.25, 0.3) is 0 Å². The van der Waals surface area contributed by atoms with Crippen LogP contribution in [0.25, 0.3) is 0 Å². The fourth-order valence-corrected chi connectivity index (χ4v) is 1.34. The molecule has 0 aromatic heterocycles. The molecule has 1 aromatic carbocycles. The molecule has 0 radical (unpaired) electrons. The van der Waals surface area contributed by atoms with Crippen LogP contribution in [0.1, 0.15) is 26.3 Å². The number of ether oxygens (including phenoxy) is 2. The van der Waals surface area contributed by atoms with Gasteiger partial charge in [-0.1, -0.05) is 18.2 Å². The first-order valence-electron chi connectivity index (χ1n) is 5.77. The molecule has 0 saturated heterocycles. The summed E-state index contributed by atoms with van der Waals surface area (Å²) in [6.45, 7) is 2.36. The third-order valence-corrected chi connectivity index (χ3v) is 2.01. The van der Waals surface area contributed by atoms with Gasteiger partial charge in [-0.25, -0.2) is 4.79 Å². The number of para-hydroxylation sites is 1. The maximum absolute atomic E-state index is 12.2. The van der Waals surface area contributed by atoms with E-state index in [2.05, 4.69) is 10.1 Å². The summed E-state index contributed by atoms with van der Waals surface area (Å²) < 4.78 is 33.8. The minimum Gasteiger partial charge on any atom is -0.444 e. The predicted octanol–water partition coefficient (Wildman–Crippen LogP) is 3.31. The molecular formula is C13H17F2NO3. The van der Waals surface area contributed by atoms with Crippen molar-refractivity contribution in [1.82, 2.24) is 5.32 Å². The molecule has 0 fully saturated rings. The van der Waals surface area contributed by atoms with Crippen LogP contribution >= 0.6 is 0 Å². The van der Waals surface area contributed by atoms with Crippen molar-refractivity contribution in [3.05, 3.63) is 29.8 Å². The predicted molar refractivity (Wildman–Crippen MR) is 66.1 cm³/mol. The van der Waals surface area contributed by atoms with Crippen LogP contribution in [0.4, 0.5) is 13.6 Å². The number of hydrogen-bond acceptors (Lipinski definition) is 3. The highest BCUT2D eigenvalue weighted by Gasteiger charge is 2.16. The van der Waals surface area contributed by atoms with Gasteiger partial charge in [0, 0.05) is 12.1 Å². The Balaban J connectivity index is 2.60. The van der Waals surface area contributed by atoms with Gasteiger partial charge in [0.15, 0.2) is 0 Å². The van der Waals surface area contributed by atoms with Gasteiger partial charge in [-0.05, 0) is 26.8 Å². The zero-order chi connectivity index (χ0) is 14.5. The summed E-state index contributed by atoms with van der Waals surface area (Å²) in [4.78, 5) is 11.4. The molecule has 0 aliphatic rings. The summed E-state index contributed by atoms with van der Waals surface area (Å²) in [5, 5.41) is 2.48. The van der Waals surface area contributed by atoms with Crippen molar-refractivity contribution in [1.29, 1.82) is 0 Å². The average molecular weight is 273 g/mol. The Morgan fingerprint density at radius 2 is 1.95 bits per heavy atom. The normalized spacial score (nSPS) is 11.3. The van der Waals surface area contributed by atoms with Gasteiger partial charge >= 0.3 is 12.7 Å². The van der Waals surface area contributed by atoms with Crippen molar-refractivity contribution in [2.24, 2.45) is 0 Å². The van der Waals surface area contributed by atoms with E-state index in [4.69, 9.17) is 4.74 Å². The number of amides is 1. The highest BCUT2D eigenvalue weighted by molar-refractivity contribution is 5.67. The molecule has 0 spiro atoms. The molecule has 0 saturated carbocycles. The molecule has 0 atom stereocenters. The van der Waals surface area contributed by atoms with Crippen molar-refractivity contribution in [3.8, 4) is 5.75 Å². The molecule has 1 rings (SSSR count). The molecule has 1 N–H and O–H groups in total. The van der Waals surface area contributed by atoms with Crippen molar-refractivity contribution >= 4 is 6.09 Å². The fourth-order valence-electron chi connectivity index (χ4n) is 1.34. The summed E-state index contributed by atoms with van der Waals surface area (Å²) in [7, 11) is 0. The number of carbonyl (C=O) groups is 1. The number of rotatable bonds is 4. The van der Waals surface area contributed by atoms with Gasteiger partial charge < -0.3 is 14.8 Å². The van der Waals surface area contributed by atoms with Crippen molar-refractivity contribution in [3.63, 3.8) is 0 Å². The number of halogens is 2. The molecule has 1 amide bonds. The highest BCUT2D eigenvalue weighted by Crippen LogP contribution is 2.20. The summed E-state index contributed by atoms with van der Waals surface area (Å²) in [5.74, 6) is 0.0357. The molecule has 6 heteroatoms. The number of alkyl halides is 2. The van der Waals surface area contributed by atoms with Crippen LogP contribution in [-0.4, -0.2) is 18.3 Å². The Hall–Kier alpha value is -1.85. The van der Waals surface area contributed by atoms with Crippen molar-refractivity contribution < 1.29 is 23.0 Å². The first kappa shape index (κ1) is 15.2. The van der Waals surface area contributed by atoms with Crippen LogP contribution in [0.2, 0.25) is 0 Å². The molecular weight excluding hydrogens is 256 g/mol. The quantitative estimate of drug-likeness (QED) is 0.915. The Bertz CT molecular complexity index is 430. The van der Waals surface area contributed by atoms with E-state index in [0.29, 0.717) is 5.56 Å². The Kier molecular flexibility index (Phi) is 5.09. The highest BCUT2D eigenvalue weighted by atomic mass is 19.3. The lowest BCUT2D eigenvalue weighted by Gasteiger charge is -2.20. The standard InChI is InChI=1S/C13H17F2NO3/c1-13(2,3)19-12(17)16-8-9-6-4-5-7-10(9)18-11(14)15/h4-7,11H,8H2,1-3H3,(H,16,17). The molecule has 0 aliphatic carbocycles. The smallest absolute Gasteiger partial charge is 0.407 e. The minimum atomic E-state index is -2.90. The zero-order valence-electron chi connectivity index (χ0n) is 11.1. The van der Waals surface area contributed by atoms with Crippen molar-refractivity contribution in [2.45, 2.75) is 39.5 Å². The van der Waals surface area contributed by atoms with E-state index in [1.54, 1.807) is 39.0 Å². The van der Waals surface area contributed by atoms with E-state index in [1.807, 2.05) is 0 Å². The number of alkyl carbamates (subject to hydrolysis) is 1. The van der Waals surface area contributed by atoms with E-state index in [9.17, 15) is 13.6 Å². The lowest BCUT2D eigenvalue weighted by molar-refractivity contribution is -0.0504. The SMILES string of the molecule is CC(C)(C)OC(=O)NCc1ccccc1OC(F)F. The molecule has 0 aliphatic heterocycles. The van der Waals surface area contributed by atoms with Crippen LogP contribution in [0.15, 0.2) is 24.3 Å². The second kappa shape index (κ2) is 6.36. The van der Waals surface area contributed by atoms with E-state index in [-0.39, 0.29) is 12.3 Å². The van der Waals surface area contributed by atoms with Crippen LogP contribution in [0, 0.1) is 0 Å². The van der Waals surface area contributed by atoms with Crippen LogP contribution in [0.3, 0.4) is 0 Å². The third kappa shape index (κ3) is 6.03. The monoisotopic (exact) mass is 273 g/mol. The summed E-state index contributed by atoms with van der Waals surface area (Å²) >= 11 is 0. The zero-order valence-corrected chi connectivity index (χ0v) is 11.1. The Morgan fingerprint density at radius 1 is 1.32 bits per heavy atom. The van der Waals surface area contributed by atoms with Crippen LogP contribution < -0.4 is 10.1 Å². The molecule has 0 bridgehead atoms. The van der Waals surface area contributed by atoms with Gasteiger partial charge in [-0.15, -0.1) is 0 Å². The molecule has 1 aromatic rings. The molecule has 0 unspecified atom stereocenters. The number of nitrogens with one attached hydrogen (secondary N) is 1. The van der Waals surface area contributed by atoms with E-state index in [0.717, 1.165) is 0 Å². The maximum Gasteiger partial charge on any atom is 0.407 e. The van der Waals surface area contributed by atoms with E-state index >= 15 is 0 Å². The second-order valence-corrected chi connectivity index (χ2v) is 4.84. The van der Waals surface area contributed by atoms with E-state index in [1.165, 1.54) is 6.07 Å². The summed E-state index contributed by atoms with van der Waals surface area (Å²) in [6.07, 6.45) is -0.612. The third-order valence-electron chi connectivity index (χ3n) is 2.01. The molecule has 19 heavy (non-hydrogen) atoms. The van der Waals surface area contributed by atoms with Gasteiger partial charge in [-0.3, -0.25) is 0 Å². The Labute approximate surface area is 110 Å².